The molecule has 3 unspecified atom stereocenters. The van der Waals surface area contributed by atoms with Crippen molar-refractivity contribution in [1.29, 1.82) is 0 Å². The lowest BCUT2D eigenvalue weighted by Crippen LogP contribution is -2.46. The molecule has 1 aromatic heterocycles. The van der Waals surface area contributed by atoms with E-state index in [2.05, 4.69) is 28.7 Å². The van der Waals surface area contributed by atoms with Crippen LogP contribution >= 0.6 is 11.6 Å². The summed E-state index contributed by atoms with van der Waals surface area (Å²) in [5, 5.41) is 2.58. The standard InChI is InChI=1S/C20H28ClN3O/c1-4-22(2)19(25)12-24-16-9-8-13(21)10-15(16)20-17-7-5-6-14(23(17)3)11-18(20)24/h9-10,13-14,17H,4-8,11-12H2,1-3H3. The maximum Gasteiger partial charge on any atom is 0.242 e. The first-order valence-corrected chi connectivity index (χ1v) is 9.98. The maximum atomic E-state index is 12.6. The van der Waals surface area contributed by atoms with Gasteiger partial charge in [0, 0.05) is 48.4 Å². The first-order chi connectivity index (χ1) is 12.0. The van der Waals surface area contributed by atoms with E-state index in [4.69, 9.17) is 11.6 Å². The first-order valence-electron chi connectivity index (χ1n) is 9.54. The van der Waals surface area contributed by atoms with Gasteiger partial charge in [0.2, 0.25) is 5.91 Å². The van der Waals surface area contributed by atoms with E-state index in [9.17, 15) is 4.79 Å². The third-order valence-corrected chi connectivity index (χ3v) is 6.72. The van der Waals surface area contributed by atoms with Gasteiger partial charge in [-0.15, -0.1) is 11.6 Å². The van der Waals surface area contributed by atoms with Gasteiger partial charge in [0.05, 0.1) is 5.38 Å². The van der Waals surface area contributed by atoms with Gasteiger partial charge in [-0.05, 0) is 45.2 Å². The number of carbonyl (C=O) groups is 1. The third kappa shape index (κ3) is 2.74. The normalized spacial score (nSPS) is 27.8. The average molecular weight is 362 g/mol. The Morgan fingerprint density at radius 2 is 2.20 bits per heavy atom. The second-order valence-electron chi connectivity index (χ2n) is 7.75. The molecule has 3 heterocycles. The van der Waals surface area contributed by atoms with Crippen LogP contribution in [0.25, 0.3) is 12.2 Å². The Hall–Kier alpha value is -1.26. The molecular weight excluding hydrogens is 334 g/mol. The molecule has 4 nitrogen and oxygen atoms in total. The highest BCUT2D eigenvalue weighted by Crippen LogP contribution is 2.39. The van der Waals surface area contributed by atoms with Crippen LogP contribution in [0.5, 0.6) is 0 Å². The molecule has 2 bridgehead atoms. The molecule has 3 atom stereocenters. The summed E-state index contributed by atoms with van der Waals surface area (Å²) in [5.41, 5.74) is 2.83. The highest BCUT2D eigenvalue weighted by molar-refractivity contribution is 6.24. The summed E-state index contributed by atoms with van der Waals surface area (Å²) in [5.74, 6) is 0.189. The van der Waals surface area contributed by atoms with Gasteiger partial charge in [0.25, 0.3) is 0 Å². The van der Waals surface area contributed by atoms with Gasteiger partial charge in [-0.25, -0.2) is 0 Å². The van der Waals surface area contributed by atoms with Gasteiger partial charge in [-0.3, -0.25) is 9.69 Å². The minimum atomic E-state index is 0.0630. The average Bonchev–Trinajstić information content (AvgIpc) is 2.86. The monoisotopic (exact) mass is 361 g/mol. The number of nitrogens with zero attached hydrogens (tertiary/aromatic N) is 3. The topological polar surface area (TPSA) is 28.5 Å². The second kappa shape index (κ2) is 6.48. The Labute approximate surface area is 154 Å². The highest BCUT2D eigenvalue weighted by Gasteiger charge is 2.38. The van der Waals surface area contributed by atoms with Crippen LogP contribution in [0, 0.1) is 0 Å². The summed E-state index contributed by atoms with van der Waals surface area (Å²) >= 11 is 6.46. The van der Waals surface area contributed by atoms with E-state index in [0.29, 0.717) is 18.6 Å². The van der Waals surface area contributed by atoms with Crippen LogP contribution in [0.2, 0.25) is 0 Å². The summed E-state index contributed by atoms with van der Waals surface area (Å²) in [6.07, 6.45) is 10.1. The van der Waals surface area contributed by atoms with E-state index in [-0.39, 0.29) is 11.3 Å². The molecular formula is C20H28ClN3O. The quantitative estimate of drug-likeness (QED) is 0.765. The van der Waals surface area contributed by atoms with Crippen molar-refractivity contribution in [3.63, 3.8) is 0 Å². The number of fused-ring (bicyclic) bond motifs is 6. The fraction of sp³-hybridized carbons (Fsp3) is 0.650. The van der Waals surface area contributed by atoms with Crippen molar-refractivity contribution in [2.24, 2.45) is 0 Å². The molecule has 0 aromatic carbocycles. The van der Waals surface area contributed by atoms with E-state index >= 15 is 0 Å². The first kappa shape index (κ1) is 17.2. The second-order valence-corrected chi connectivity index (χ2v) is 8.31. The smallest absolute Gasteiger partial charge is 0.242 e. The molecule has 3 aliphatic rings. The Kier molecular flexibility index (Phi) is 4.45. The minimum Gasteiger partial charge on any atom is -0.344 e. The Morgan fingerprint density at radius 3 is 2.96 bits per heavy atom. The van der Waals surface area contributed by atoms with Gasteiger partial charge in [-0.1, -0.05) is 12.2 Å². The molecule has 0 saturated carbocycles. The molecule has 0 N–H and O–H groups in total. The molecule has 2 aliphatic heterocycles. The molecule has 0 radical (unpaired) electrons. The lowest BCUT2D eigenvalue weighted by atomic mass is 9.82. The van der Waals surface area contributed by atoms with Crippen molar-refractivity contribution < 1.29 is 4.79 Å². The molecule has 1 aliphatic carbocycles. The molecule has 136 valence electrons. The predicted molar refractivity (Wildman–Crippen MR) is 102 cm³/mol. The molecule has 4 rings (SSSR count). The van der Waals surface area contributed by atoms with E-state index in [1.54, 1.807) is 0 Å². The third-order valence-electron chi connectivity index (χ3n) is 6.42. The number of aromatic nitrogens is 1. The van der Waals surface area contributed by atoms with Crippen LogP contribution in [0.4, 0.5) is 0 Å². The van der Waals surface area contributed by atoms with Gasteiger partial charge >= 0.3 is 0 Å². The van der Waals surface area contributed by atoms with Crippen LogP contribution in [0.3, 0.4) is 0 Å². The summed E-state index contributed by atoms with van der Waals surface area (Å²) in [4.78, 5) is 17.0. The summed E-state index contributed by atoms with van der Waals surface area (Å²) in [7, 11) is 4.15. The number of carbonyl (C=O) groups excluding carboxylic acids is 1. The summed E-state index contributed by atoms with van der Waals surface area (Å²) in [6, 6.07) is 1.08. The number of rotatable bonds is 3. The van der Waals surface area contributed by atoms with Crippen molar-refractivity contribution in [2.45, 2.75) is 63.0 Å². The van der Waals surface area contributed by atoms with Crippen molar-refractivity contribution in [3.8, 4) is 0 Å². The lowest BCUT2D eigenvalue weighted by molar-refractivity contribution is -0.130. The zero-order valence-electron chi connectivity index (χ0n) is 15.5. The van der Waals surface area contributed by atoms with E-state index in [0.717, 1.165) is 19.4 Å². The number of hydrogen-bond donors (Lipinski definition) is 0. The van der Waals surface area contributed by atoms with Crippen molar-refractivity contribution in [3.05, 3.63) is 21.8 Å². The Bertz CT molecular complexity index is 812. The van der Waals surface area contributed by atoms with Crippen molar-refractivity contribution in [1.82, 2.24) is 14.4 Å². The fourth-order valence-electron chi connectivity index (χ4n) is 4.83. The molecule has 1 saturated heterocycles. The molecule has 5 heteroatoms. The number of piperidine rings is 1. The zero-order chi connectivity index (χ0) is 17.7. The van der Waals surface area contributed by atoms with Gasteiger partial charge < -0.3 is 9.47 Å². The zero-order valence-corrected chi connectivity index (χ0v) is 16.2. The largest absolute Gasteiger partial charge is 0.344 e. The summed E-state index contributed by atoms with van der Waals surface area (Å²) in [6.45, 7) is 3.22. The van der Waals surface area contributed by atoms with E-state index in [1.165, 1.54) is 41.1 Å². The molecule has 0 spiro atoms. The Balaban J connectivity index is 1.88. The van der Waals surface area contributed by atoms with Crippen LogP contribution in [-0.4, -0.2) is 52.3 Å². The predicted octanol–water partition coefficient (Wildman–Crippen LogP) is 1.62. The van der Waals surface area contributed by atoms with Crippen LogP contribution < -0.4 is 10.6 Å². The molecule has 1 fully saturated rings. The lowest BCUT2D eigenvalue weighted by Gasteiger charge is -2.44. The molecule has 1 aromatic rings. The number of hydrogen-bond acceptors (Lipinski definition) is 2. The van der Waals surface area contributed by atoms with Gasteiger partial charge in [-0.2, -0.15) is 0 Å². The van der Waals surface area contributed by atoms with Crippen molar-refractivity contribution >= 4 is 29.7 Å². The fourth-order valence-corrected chi connectivity index (χ4v) is 5.04. The molecule has 1 amide bonds. The van der Waals surface area contributed by atoms with Crippen LogP contribution in [0.15, 0.2) is 0 Å². The van der Waals surface area contributed by atoms with E-state index < -0.39 is 0 Å². The maximum absolute atomic E-state index is 12.6. The van der Waals surface area contributed by atoms with Gasteiger partial charge in [0.1, 0.15) is 6.54 Å². The molecule has 25 heavy (non-hydrogen) atoms. The van der Waals surface area contributed by atoms with Gasteiger partial charge in [0.15, 0.2) is 0 Å². The SMILES string of the molecule is CCN(C)C(=O)Cn1c2c(c3c1=CCC(Cl)C=3)C1CCCC(C2)N1C. The minimum absolute atomic E-state index is 0.0630. The Morgan fingerprint density at radius 1 is 1.40 bits per heavy atom. The number of halogens is 1. The van der Waals surface area contributed by atoms with Crippen LogP contribution in [0.1, 0.15) is 49.9 Å². The van der Waals surface area contributed by atoms with E-state index in [1.807, 2.05) is 18.9 Å². The number of amides is 1. The highest BCUT2D eigenvalue weighted by atomic mass is 35.5. The number of likely N-dealkylation sites (N-methyl/N-ethyl adjacent to an activating group) is 2. The number of alkyl halides is 1. The van der Waals surface area contributed by atoms with Crippen molar-refractivity contribution in [2.75, 3.05) is 20.6 Å². The van der Waals surface area contributed by atoms with Crippen LogP contribution in [-0.2, 0) is 17.8 Å². The summed E-state index contributed by atoms with van der Waals surface area (Å²) < 4.78 is 2.30.